The third-order valence-corrected chi connectivity index (χ3v) is 2.53. The summed E-state index contributed by atoms with van der Waals surface area (Å²) >= 11 is 0. The van der Waals surface area contributed by atoms with Crippen molar-refractivity contribution in [2.45, 2.75) is 18.8 Å². The predicted octanol–water partition coefficient (Wildman–Crippen LogP) is 3.36. The molecule has 1 aromatic rings. The van der Waals surface area contributed by atoms with Crippen molar-refractivity contribution < 1.29 is 9.47 Å². The molecule has 16 heavy (non-hydrogen) atoms. The molecule has 0 radical (unpaired) electrons. The first-order valence-corrected chi connectivity index (χ1v) is 5.61. The number of hydrogen-bond acceptors (Lipinski definition) is 2. The average molecular weight is 220 g/mol. The van der Waals surface area contributed by atoms with Crippen molar-refractivity contribution in [3.63, 3.8) is 0 Å². The molecule has 0 amide bonds. The van der Waals surface area contributed by atoms with Crippen molar-refractivity contribution in [3.05, 3.63) is 48.6 Å². The first-order valence-electron chi connectivity index (χ1n) is 5.61. The summed E-state index contributed by atoms with van der Waals surface area (Å²) in [6.45, 7) is 4.90. The third kappa shape index (κ3) is 4.60. The predicted molar refractivity (Wildman–Crippen MR) is 66.4 cm³/mol. The standard InChI is InChI=1S/C14H20O2/c1-3-7-13(10-11-16-12-15-2)14-8-5-4-6-9-14/h3-6,8-9,13H,1,7,10-12H2,2H3/t13-/m1/s1. The van der Waals surface area contributed by atoms with E-state index < -0.39 is 0 Å². The largest absolute Gasteiger partial charge is 0.359 e. The van der Waals surface area contributed by atoms with Crippen LogP contribution in [0.3, 0.4) is 0 Å². The first kappa shape index (κ1) is 12.9. The van der Waals surface area contributed by atoms with E-state index in [1.807, 2.05) is 12.1 Å². The summed E-state index contributed by atoms with van der Waals surface area (Å²) in [6.07, 6.45) is 3.95. The monoisotopic (exact) mass is 220 g/mol. The molecule has 0 aliphatic carbocycles. The molecule has 88 valence electrons. The molecule has 0 saturated heterocycles. The van der Waals surface area contributed by atoms with Crippen molar-refractivity contribution in [2.24, 2.45) is 0 Å². The minimum atomic E-state index is 0.371. The van der Waals surface area contributed by atoms with E-state index in [-0.39, 0.29) is 0 Å². The highest BCUT2D eigenvalue weighted by Crippen LogP contribution is 2.23. The first-order chi connectivity index (χ1) is 7.88. The summed E-state index contributed by atoms with van der Waals surface area (Å²) in [6, 6.07) is 10.5. The number of methoxy groups -OCH3 is 1. The highest BCUT2D eigenvalue weighted by atomic mass is 16.7. The lowest BCUT2D eigenvalue weighted by molar-refractivity contribution is -0.0324. The van der Waals surface area contributed by atoms with E-state index >= 15 is 0 Å². The lowest BCUT2D eigenvalue weighted by atomic mass is 9.93. The van der Waals surface area contributed by atoms with Gasteiger partial charge in [-0.05, 0) is 24.3 Å². The molecule has 2 heteroatoms. The van der Waals surface area contributed by atoms with Gasteiger partial charge in [-0.25, -0.2) is 0 Å². The fraction of sp³-hybridized carbons (Fsp3) is 0.429. The zero-order valence-electron chi connectivity index (χ0n) is 9.89. The van der Waals surface area contributed by atoms with Gasteiger partial charge in [0.15, 0.2) is 0 Å². The van der Waals surface area contributed by atoms with Gasteiger partial charge in [0.1, 0.15) is 6.79 Å². The van der Waals surface area contributed by atoms with Crippen LogP contribution in [-0.2, 0) is 9.47 Å². The van der Waals surface area contributed by atoms with Crippen LogP contribution in [0.4, 0.5) is 0 Å². The van der Waals surface area contributed by atoms with Gasteiger partial charge >= 0.3 is 0 Å². The molecule has 0 aliphatic rings. The maximum absolute atomic E-state index is 5.32. The summed E-state index contributed by atoms with van der Waals surface area (Å²) in [7, 11) is 1.64. The molecular weight excluding hydrogens is 200 g/mol. The molecule has 2 nitrogen and oxygen atoms in total. The number of hydrogen-bond donors (Lipinski definition) is 0. The van der Waals surface area contributed by atoms with E-state index in [1.54, 1.807) is 7.11 Å². The molecular formula is C14H20O2. The average Bonchev–Trinajstić information content (AvgIpc) is 2.34. The van der Waals surface area contributed by atoms with E-state index in [4.69, 9.17) is 9.47 Å². The van der Waals surface area contributed by atoms with Crippen molar-refractivity contribution >= 4 is 0 Å². The van der Waals surface area contributed by atoms with Gasteiger partial charge in [0, 0.05) is 7.11 Å². The Labute approximate surface area is 97.9 Å². The molecule has 0 unspecified atom stereocenters. The minimum absolute atomic E-state index is 0.371. The Balaban J connectivity index is 2.44. The van der Waals surface area contributed by atoms with Crippen molar-refractivity contribution in [1.29, 1.82) is 0 Å². The molecule has 1 rings (SSSR count). The van der Waals surface area contributed by atoms with Crippen LogP contribution in [-0.4, -0.2) is 20.5 Å². The second-order valence-electron chi connectivity index (χ2n) is 3.74. The van der Waals surface area contributed by atoms with Gasteiger partial charge in [-0.15, -0.1) is 6.58 Å². The molecule has 0 N–H and O–H groups in total. The molecule has 0 bridgehead atoms. The number of allylic oxidation sites excluding steroid dienone is 1. The van der Waals surface area contributed by atoms with Crippen molar-refractivity contribution in [2.75, 3.05) is 20.5 Å². The zero-order chi connectivity index (χ0) is 11.6. The number of benzene rings is 1. The fourth-order valence-electron chi connectivity index (χ4n) is 1.71. The van der Waals surface area contributed by atoms with Crippen LogP contribution in [0.15, 0.2) is 43.0 Å². The van der Waals surface area contributed by atoms with Gasteiger partial charge in [-0.2, -0.15) is 0 Å². The highest BCUT2D eigenvalue weighted by Gasteiger charge is 2.08. The molecule has 0 aromatic heterocycles. The van der Waals surface area contributed by atoms with Crippen molar-refractivity contribution in [1.82, 2.24) is 0 Å². The molecule has 0 heterocycles. The molecule has 0 aliphatic heterocycles. The van der Waals surface area contributed by atoms with Crippen LogP contribution in [0.5, 0.6) is 0 Å². The van der Waals surface area contributed by atoms with Crippen LogP contribution >= 0.6 is 0 Å². The lowest BCUT2D eigenvalue weighted by Gasteiger charge is -2.15. The summed E-state index contributed by atoms with van der Waals surface area (Å²) < 4.78 is 10.2. The maximum Gasteiger partial charge on any atom is 0.146 e. The second-order valence-corrected chi connectivity index (χ2v) is 3.74. The minimum Gasteiger partial charge on any atom is -0.359 e. The Morgan fingerprint density at radius 3 is 2.69 bits per heavy atom. The number of ether oxygens (including phenoxy) is 2. The maximum atomic E-state index is 5.32. The molecule has 1 aromatic carbocycles. The van der Waals surface area contributed by atoms with Gasteiger partial charge in [-0.3, -0.25) is 0 Å². The Bertz CT molecular complexity index is 282. The molecule has 0 fully saturated rings. The Kier molecular flexibility index (Phi) is 6.54. The number of rotatable bonds is 8. The van der Waals surface area contributed by atoms with E-state index in [2.05, 4.69) is 30.8 Å². The van der Waals surface area contributed by atoms with Crippen LogP contribution in [0, 0.1) is 0 Å². The van der Waals surface area contributed by atoms with Crippen molar-refractivity contribution in [3.8, 4) is 0 Å². The molecule has 1 atom stereocenters. The lowest BCUT2D eigenvalue weighted by Crippen LogP contribution is -2.05. The molecule has 0 spiro atoms. The van der Waals surface area contributed by atoms with Gasteiger partial charge in [0.2, 0.25) is 0 Å². The highest BCUT2D eigenvalue weighted by molar-refractivity contribution is 5.20. The Morgan fingerprint density at radius 2 is 2.06 bits per heavy atom. The van der Waals surface area contributed by atoms with E-state index in [9.17, 15) is 0 Å². The fourth-order valence-corrected chi connectivity index (χ4v) is 1.71. The Hall–Kier alpha value is -1.12. The van der Waals surface area contributed by atoms with Gasteiger partial charge in [-0.1, -0.05) is 36.4 Å². The van der Waals surface area contributed by atoms with Crippen LogP contribution in [0.1, 0.15) is 24.3 Å². The summed E-state index contributed by atoms with van der Waals surface area (Å²) in [5.41, 5.74) is 1.35. The summed E-state index contributed by atoms with van der Waals surface area (Å²) in [4.78, 5) is 0. The normalized spacial score (nSPS) is 12.3. The molecule has 0 saturated carbocycles. The topological polar surface area (TPSA) is 18.5 Å². The summed E-state index contributed by atoms with van der Waals surface area (Å²) in [5.74, 6) is 0.496. The van der Waals surface area contributed by atoms with Crippen LogP contribution in [0.25, 0.3) is 0 Å². The van der Waals surface area contributed by atoms with E-state index in [0.29, 0.717) is 12.7 Å². The van der Waals surface area contributed by atoms with Gasteiger partial charge in [0.05, 0.1) is 6.61 Å². The SMILES string of the molecule is C=CC[C@H](CCOCOC)c1ccccc1. The third-order valence-electron chi connectivity index (χ3n) is 2.53. The quantitative estimate of drug-likeness (QED) is 0.380. The summed E-state index contributed by atoms with van der Waals surface area (Å²) in [5, 5.41) is 0. The van der Waals surface area contributed by atoms with Gasteiger partial charge < -0.3 is 9.47 Å². The van der Waals surface area contributed by atoms with Gasteiger partial charge in [0.25, 0.3) is 0 Å². The van der Waals surface area contributed by atoms with E-state index in [1.165, 1.54) is 5.56 Å². The van der Waals surface area contributed by atoms with E-state index in [0.717, 1.165) is 19.4 Å². The zero-order valence-corrected chi connectivity index (χ0v) is 9.89. The van der Waals surface area contributed by atoms with Crippen LogP contribution < -0.4 is 0 Å². The smallest absolute Gasteiger partial charge is 0.146 e. The second kappa shape index (κ2) is 8.08. The van der Waals surface area contributed by atoms with Crippen LogP contribution in [0.2, 0.25) is 0 Å². The Morgan fingerprint density at radius 1 is 1.31 bits per heavy atom.